The molecule has 2 aromatic heterocycles. The van der Waals surface area contributed by atoms with E-state index in [1.54, 1.807) is 35.9 Å². The normalized spacial score (nSPS) is 23.3. The number of nitrogen functional groups attached to an aromatic ring is 1. The summed E-state index contributed by atoms with van der Waals surface area (Å²) >= 11 is 3.14. The van der Waals surface area contributed by atoms with E-state index in [2.05, 4.69) is 25.9 Å². The Morgan fingerprint density at radius 1 is 1.43 bits per heavy atom. The first kappa shape index (κ1) is 25.8. The second-order valence-corrected chi connectivity index (χ2v) is 9.33. The third-order valence-corrected chi connectivity index (χ3v) is 6.71. The predicted molar refractivity (Wildman–Crippen MR) is 126 cm³/mol. The number of nitrogens with zero attached hydrogens (tertiary/aromatic N) is 2. The lowest BCUT2D eigenvalue weighted by Gasteiger charge is -2.20. The molecular formula is C21H23BrFN4O7P. The van der Waals surface area contributed by atoms with Gasteiger partial charge in [0, 0.05) is 18.5 Å². The molecule has 0 radical (unpaired) electrons. The second-order valence-electron chi connectivity index (χ2n) is 8.07. The molecule has 188 valence electrons. The van der Waals surface area contributed by atoms with Crippen LogP contribution in [0.25, 0.3) is 11.0 Å². The number of fused-ring (bicyclic) bond motifs is 1. The van der Waals surface area contributed by atoms with Gasteiger partial charge in [-0.05, 0) is 39.7 Å². The summed E-state index contributed by atoms with van der Waals surface area (Å²) in [7, 11) is -0.466. The summed E-state index contributed by atoms with van der Waals surface area (Å²) in [6.07, 6.45) is -1.01. The van der Waals surface area contributed by atoms with Crippen molar-refractivity contribution >= 4 is 41.6 Å². The number of nitrogens with one attached hydrogen (secondary N) is 1. The summed E-state index contributed by atoms with van der Waals surface area (Å²) in [6, 6.07) is 5.98. The zero-order valence-electron chi connectivity index (χ0n) is 18.5. The molecule has 11 nitrogen and oxygen atoms in total. The molecule has 35 heavy (non-hydrogen) atoms. The number of nitrogens with two attached hydrogens (primary N) is 1. The van der Waals surface area contributed by atoms with Gasteiger partial charge < -0.3 is 20.1 Å². The van der Waals surface area contributed by atoms with Crippen LogP contribution in [0.3, 0.4) is 0 Å². The first-order chi connectivity index (χ1) is 16.8. The molecule has 1 unspecified atom stereocenters. The van der Waals surface area contributed by atoms with Gasteiger partial charge in [-0.2, -0.15) is 4.98 Å². The van der Waals surface area contributed by atoms with Crippen LogP contribution in [0.1, 0.15) is 31.2 Å². The van der Waals surface area contributed by atoms with E-state index in [1.165, 1.54) is 6.07 Å². The maximum absolute atomic E-state index is 13.6. The number of aliphatic hydroxyl groups excluding tert-OH is 1. The first-order valence-corrected chi connectivity index (χ1v) is 12.2. The van der Waals surface area contributed by atoms with Crippen LogP contribution < -0.4 is 11.3 Å². The highest BCUT2D eigenvalue weighted by Gasteiger charge is 2.42. The molecule has 0 saturated carbocycles. The van der Waals surface area contributed by atoms with Crippen molar-refractivity contribution in [3.8, 4) is 0 Å². The third-order valence-electron chi connectivity index (χ3n) is 5.81. The average molecular weight is 573 g/mol. The van der Waals surface area contributed by atoms with Crippen LogP contribution in [0.5, 0.6) is 0 Å². The maximum Gasteiger partial charge on any atom is 0.327 e. The summed E-state index contributed by atoms with van der Waals surface area (Å²) in [5, 5.41) is 11.1. The number of anilines is 1. The van der Waals surface area contributed by atoms with E-state index >= 15 is 0 Å². The van der Waals surface area contributed by atoms with Crippen molar-refractivity contribution in [1.82, 2.24) is 14.5 Å². The zero-order chi connectivity index (χ0) is 25.1. The molecule has 4 N–H and O–H groups in total. The number of benzene rings is 1. The van der Waals surface area contributed by atoms with E-state index in [0.717, 1.165) is 0 Å². The molecule has 14 heteroatoms. The Balaban J connectivity index is 1.44. The van der Waals surface area contributed by atoms with E-state index in [4.69, 9.17) is 24.8 Å². The van der Waals surface area contributed by atoms with E-state index < -0.39 is 39.0 Å². The molecule has 1 fully saturated rings. The quantitative estimate of drug-likeness (QED) is 0.144. The van der Waals surface area contributed by atoms with Gasteiger partial charge in [-0.25, -0.2) is 18.7 Å². The molecule has 0 spiro atoms. The van der Waals surface area contributed by atoms with Crippen molar-refractivity contribution < 1.29 is 33.1 Å². The number of aromatic nitrogens is 3. The highest BCUT2D eigenvalue weighted by atomic mass is 79.9. The molecule has 1 aromatic carbocycles. The molecule has 1 saturated heterocycles. The van der Waals surface area contributed by atoms with Crippen molar-refractivity contribution in [3.05, 3.63) is 56.7 Å². The lowest BCUT2D eigenvalue weighted by atomic mass is 10.0. The lowest BCUT2D eigenvalue weighted by molar-refractivity contribution is -0.341. The monoisotopic (exact) mass is 572 g/mol. The number of hydrogen-bond donors (Lipinski definition) is 3. The topological polar surface area (TPSA) is 151 Å². The summed E-state index contributed by atoms with van der Waals surface area (Å²) in [5.74, 6) is -0.823. The van der Waals surface area contributed by atoms with Gasteiger partial charge in [0.25, 0.3) is 5.56 Å². The number of ether oxygens (including phenoxy) is 1. The summed E-state index contributed by atoms with van der Waals surface area (Å²) in [4.78, 5) is 29.7. The summed E-state index contributed by atoms with van der Waals surface area (Å²) in [6.45, 7) is 1.79. The molecule has 4 rings (SSSR count). The molecule has 5 atom stereocenters. The minimum Gasteiger partial charge on any atom is -0.390 e. The van der Waals surface area contributed by atoms with Gasteiger partial charge in [0.05, 0.1) is 22.6 Å². The molecule has 3 heterocycles. The van der Waals surface area contributed by atoms with E-state index in [1.807, 2.05) is 0 Å². The molecule has 1 aliphatic rings. The number of hydrogen-bond acceptors (Lipinski definition) is 9. The Bertz CT molecular complexity index is 1260. The fourth-order valence-corrected chi connectivity index (χ4v) is 4.56. The SMILES string of the molecule is C[C@H]1[C@H](O)C(COO[C@@H](CCOP=O)c2ccc(F)c(Br)c2)O[C@H]1n1ccc2c(=O)[nH]c(N)nc21. The van der Waals surface area contributed by atoms with E-state index in [0.29, 0.717) is 16.6 Å². The minimum atomic E-state index is -0.901. The molecule has 0 amide bonds. The molecule has 0 aliphatic carbocycles. The largest absolute Gasteiger partial charge is 0.390 e. The third kappa shape index (κ3) is 5.61. The fourth-order valence-electron chi connectivity index (χ4n) is 3.98. The maximum atomic E-state index is 13.6. The van der Waals surface area contributed by atoms with Gasteiger partial charge in [0.15, 0.2) is 5.65 Å². The van der Waals surface area contributed by atoms with Crippen LogP contribution in [0.15, 0.2) is 39.7 Å². The Hall–Kier alpha value is -2.25. The smallest absolute Gasteiger partial charge is 0.327 e. The van der Waals surface area contributed by atoms with Crippen LogP contribution in [0.4, 0.5) is 10.3 Å². The van der Waals surface area contributed by atoms with Gasteiger partial charge in [-0.15, -0.1) is 0 Å². The van der Waals surface area contributed by atoms with Crippen LogP contribution in [0.2, 0.25) is 0 Å². The number of aliphatic hydroxyl groups is 1. The second kappa shape index (κ2) is 11.2. The minimum absolute atomic E-state index is 0.0270. The predicted octanol–water partition coefficient (Wildman–Crippen LogP) is 3.41. The Labute approximate surface area is 208 Å². The molecule has 0 bridgehead atoms. The summed E-state index contributed by atoms with van der Waals surface area (Å²) < 4.78 is 37.0. The van der Waals surface area contributed by atoms with Crippen LogP contribution in [-0.4, -0.2) is 45.1 Å². The Morgan fingerprint density at radius 2 is 2.23 bits per heavy atom. The van der Waals surface area contributed by atoms with Crippen molar-refractivity contribution in [1.29, 1.82) is 0 Å². The fraction of sp³-hybridized carbons (Fsp3) is 0.429. The molecular weight excluding hydrogens is 550 g/mol. The van der Waals surface area contributed by atoms with E-state index in [-0.39, 0.29) is 41.5 Å². The van der Waals surface area contributed by atoms with Crippen molar-refractivity contribution in [2.45, 2.75) is 37.9 Å². The Morgan fingerprint density at radius 3 is 2.97 bits per heavy atom. The van der Waals surface area contributed by atoms with E-state index in [9.17, 15) is 18.9 Å². The number of H-pyrrole nitrogens is 1. The van der Waals surface area contributed by atoms with Crippen LogP contribution in [-0.2, 0) is 23.6 Å². The molecule has 1 aliphatic heterocycles. The Kier molecular flexibility index (Phi) is 8.27. The van der Waals surface area contributed by atoms with Gasteiger partial charge >= 0.3 is 8.69 Å². The first-order valence-electron chi connectivity index (χ1n) is 10.7. The van der Waals surface area contributed by atoms with Crippen LogP contribution in [0, 0.1) is 11.7 Å². The summed E-state index contributed by atoms with van der Waals surface area (Å²) in [5.41, 5.74) is 6.26. The van der Waals surface area contributed by atoms with Crippen molar-refractivity contribution in [2.24, 2.45) is 5.92 Å². The zero-order valence-corrected chi connectivity index (χ0v) is 20.9. The lowest BCUT2D eigenvalue weighted by Crippen LogP contribution is -2.29. The standard InChI is InChI=1S/C21H23BrFN4O7P/c1-10-17(28)16(33-20(10)27-6-4-12-18(27)25-21(24)26-19(12)29)9-31-34-15(5-7-32-35-30)11-2-3-14(23)13(22)8-11/h2-4,6,8,10,15-17,20,28H,5,7,9H2,1H3,(H3,24,25,26,29)/t10-,15-,16?,17-,20+/m0/s1. The molecule has 3 aromatic rings. The van der Waals surface area contributed by atoms with Crippen molar-refractivity contribution in [2.75, 3.05) is 18.9 Å². The van der Waals surface area contributed by atoms with Gasteiger partial charge in [-0.1, -0.05) is 13.0 Å². The van der Waals surface area contributed by atoms with Gasteiger partial charge in [0.1, 0.15) is 30.9 Å². The van der Waals surface area contributed by atoms with Gasteiger partial charge in [0.2, 0.25) is 5.95 Å². The number of halogens is 2. The van der Waals surface area contributed by atoms with Crippen LogP contribution >= 0.6 is 24.6 Å². The highest BCUT2D eigenvalue weighted by molar-refractivity contribution is 9.10. The van der Waals surface area contributed by atoms with Crippen molar-refractivity contribution in [3.63, 3.8) is 0 Å². The number of rotatable bonds is 10. The average Bonchev–Trinajstić information content (AvgIpc) is 3.36. The number of aromatic amines is 1. The van der Waals surface area contributed by atoms with Gasteiger partial charge in [-0.3, -0.25) is 14.3 Å². The highest BCUT2D eigenvalue weighted by Crippen LogP contribution is 2.36.